The molecule has 23 heavy (non-hydrogen) atoms. The minimum atomic E-state index is -3.48. The quantitative estimate of drug-likeness (QED) is 0.842. The molecule has 3 rings (SSSR count). The Balaban J connectivity index is 1.89. The summed E-state index contributed by atoms with van der Waals surface area (Å²) in [6.07, 6.45) is 6.86. The second-order valence-corrected chi connectivity index (χ2v) is 8.74. The second-order valence-electron chi connectivity index (χ2n) is 6.83. The highest BCUT2D eigenvalue weighted by molar-refractivity contribution is 7.89. The van der Waals surface area contributed by atoms with E-state index in [9.17, 15) is 8.42 Å². The third-order valence-electron chi connectivity index (χ3n) is 5.66. The third kappa shape index (κ3) is 2.72. The highest BCUT2D eigenvalue weighted by Crippen LogP contribution is 2.47. The van der Waals surface area contributed by atoms with Gasteiger partial charge in [-0.2, -0.15) is 9.40 Å². The van der Waals surface area contributed by atoms with Gasteiger partial charge in [-0.1, -0.05) is 6.42 Å². The van der Waals surface area contributed by atoms with E-state index in [4.69, 9.17) is 4.74 Å². The lowest BCUT2D eigenvalue weighted by Gasteiger charge is -2.42. The number of sulfonamides is 1. The fraction of sp³-hybridized carbons (Fsp3) is 0.812. The van der Waals surface area contributed by atoms with Crippen molar-refractivity contribution in [1.29, 1.82) is 0 Å². The van der Waals surface area contributed by atoms with Crippen LogP contribution in [0, 0.1) is 12.3 Å². The Morgan fingerprint density at radius 1 is 1.39 bits per heavy atom. The van der Waals surface area contributed by atoms with E-state index in [2.05, 4.69) is 5.10 Å². The first-order chi connectivity index (χ1) is 10.9. The van der Waals surface area contributed by atoms with Gasteiger partial charge in [0.25, 0.3) is 0 Å². The fourth-order valence-corrected chi connectivity index (χ4v) is 6.14. The van der Waals surface area contributed by atoms with Crippen molar-refractivity contribution in [1.82, 2.24) is 14.1 Å². The van der Waals surface area contributed by atoms with Crippen LogP contribution in [0.5, 0.6) is 0 Å². The summed E-state index contributed by atoms with van der Waals surface area (Å²) >= 11 is 0. The highest BCUT2D eigenvalue weighted by atomic mass is 32.2. The van der Waals surface area contributed by atoms with Crippen LogP contribution in [0.4, 0.5) is 0 Å². The molecule has 1 aliphatic heterocycles. The minimum absolute atomic E-state index is 0.00523. The lowest BCUT2D eigenvalue weighted by molar-refractivity contribution is -0.0184. The molecular weight excluding hydrogens is 314 g/mol. The second kappa shape index (κ2) is 6.18. The number of aromatic nitrogens is 2. The first-order valence-corrected chi connectivity index (χ1v) is 9.94. The molecule has 0 bridgehead atoms. The van der Waals surface area contributed by atoms with Gasteiger partial charge in [0.05, 0.1) is 18.0 Å². The van der Waals surface area contributed by atoms with Crippen molar-refractivity contribution in [3.63, 3.8) is 0 Å². The van der Waals surface area contributed by atoms with Gasteiger partial charge in [0.1, 0.15) is 4.90 Å². The van der Waals surface area contributed by atoms with Gasteiger partial charge in [0.15, 0.2) is 0 Å². The topological polar surface area (TPSA) is 64.4 Å². The molecule has 0 radical (unpaired) electrons. The summed E-state index contributed by atoms with van der Waals surface area (Å²) in [5.41, 5.74) is 0.719. The van der Waals surface area contributed by atoms with Crippen molar-refractivity contribution < 1.29 is 13.2 Å². The van der Waals surface area contributed by atoms with Gasteiger partial charge < -0.3 is 4.74 Å². The zero-order valence-electron chi connectivity index (χ0n) is 14.3. The average molecular weight is 341 g/mol. The van der Waals surface area contributed by atoms with Gasteiger partial charge in [-0.25, -0.2) is 8.42 Å². The fourth-order valence-electron chi connectivity index (χ4n) is 4.40. The monoisotopic (exact) mass is 341 g/mol. The summed E-state index contributed by atoms with van der Waals surface area (Å²) in [7, 11) is -1.73. The normalized spacial score (nSPS) is 29.4. The number of methoxy groups -OCH3 is 1. The molecule has 1 aromatic heterocycles. The third-order valence-corrected chi connectivity index (χ3v) is 7.61. The van der Waals surface area contributed by atoms with Crippen LogP contribution in [-0.2, 0) is 21.3 Å². The maximum absolute atomic E-state index is 13.1. The van der Waals surface area contributed by atoms with Crippen molar-refractivity contribution in [3.8, 4) is 0 Å². The molecule has 0 unspecified atom stereocenters. The van der Waals surface area contributed by atoms with Crippen LogP contribution in [0.2, 0.25) is 0 Å². The predicted octanol–water partition coefficient (Wildman–Crippen LogP) is 2.18. The van der Waals surface area contributed by atoms with E-state index in [1.54, 1.807) is 16.1 Å². The Hall–Kier alpha value is -0.920. The summed E-state index contributed by atoms with van der Waals surface area (Å²) < 4.78 is 35.3. The van der Waals surface area contributed by atoms with Gasteiger partial charge in [-0.05, 0) is 39.5 Å². The Morgan fingerprint density at radius 3 is 2.78 bits per heavy atom. The Kier molecular flexibility index (Phi) is 4.55. The maximum Gasteiger partial charge on any atom is 0.246 e. The lowest BCUT2D eigenvalue weighted by atomic mass is 9.77. The zero-order valence-corrected chi connectivity index (χ0v) is 15.1. The van der Waals surface area contributed by atoms with Crippen LogP contribution >= 0.6 is 0 Å². The molecule has 0 N–H and O–H groups in total. The number of nitrogens with zero attached hydrogens (tertiary/aromatic N) is 3. The largest absolute Gasteiger partial charge is 0.381 e. The van der Waals surface area contributed by atoms with Crippen LogP contribution in [0.1, 0.15) is 44.7 Å². The SMILES string of the molecule is CCn1ncc(S(=O)(=O)N2CCC[C@]3(CCC[C@H]3OC)C2)c1C. The van der Waals surface area contributed by atoms with Crippen LogP contribution in [0.25, 0.3) is 0 Å². The molecular formula is C16H27N3O3S. The lowest BCUT2D eigenvalue weighted by Crippen LogP contribution is -2.49. The van der Waals surface area contributed by atoms with Crippen molar-refractivity contribution in [3.05, 3.63) is 11.9 Å². The number of piperidine rings is 1. The van der Waals surface area contributed by atoms with Crippen LogP contribution in [-0.4, -0.2) is 48.8 Å². The average Bonchev–Trinajstić information content (AvgIpc) is 3.10. The zero-order chi connectivity index (χ0) is 16.7. The summed E-state index contributed by atoms with van der Waals surface area (Å²) in [4.78, 5) is 0.350. The molecule has 1 spiro atoms. The van der Waals surface area contributed by atoms with E-state index in [0.717, 1.165) is 37.8 Å². The maximum atomic E-state index is 13.1. The number of aryl methyl sites for hydroxylation is 1. The molecule has 130 valence electrons. The van der Waals surface area contributed by atoms with Crippen molar-refractivity contribution >= 4 is 10.0 Å². The first-order valence-electron chi connectivity index (χ1n) is 8.50. The predicted molar refractivity (Wildman–Crippen MR) is 87.7 cm³/mol. The number of hydrogen-bond acceptors (Lipinski definition) is 4. The van der Waals surface area contributed by atoms with Crippen molar-refractivity contribution in [2.45, 2.75) is 63.5 Å². The molecule has 1 saturated heterocycles. The molecule has 0 amide bonds. The number of ether oxygens (including phenoxy) is 1. The van der Waals surface area contributed by atoms with Gasteiger partial charge in [0, 0.05) is 32.2 Å². The van der Waals surface area contributed by atoms with E-state index >= 15 is 0 Å². The van der Waals surface area contributed by atoms with E-state index < -0.39 is 10.0 Å². The number of rotatable bonds is 4. The Labute approximate surface area is 138 Å². The summed E-state index contributed by atoms with van der Waals surface area (Å²) in [6, 6.07) is 0. The first kappa shape index (κ1) is 16.9. The van der Waals surface area contributed by atoms with Crippen molar-refractivity contribution in [2.75, 3.05) is 20.2 Å². The van der Waals surface area contributed by atoms with Gasteiger partial charge >= 0.3 is 0 Å². The van der Waals surface area contributed by atoms with E-state index in [-0.39, 0.29) is 11.5 Å². The van der Waals surface area contributed by atoms with E-state index in [0.29, 0.717) is 24.5 Å². The molecule has 2 atom stereocenters. The van der Waals surface area contributed by atoms with Crippen molar-refractivity contribution in [2.24, 2.45) is 5.41 Å². The number of hydrogen-bond donors (Lipinski definition) is 0. The Bertz CT molecular complexity index is 670. The molecule has 1 aromatic rings. The minimum Gasteiger partial charge on any atom is -0.381 e. The van der Waals surface area contributed by atoms with Crippen LogP contribution in [0.3, 0.4) is 0 Å². The molecule has 1 saturated carbocycles. The molecule has 2 heterocycles. The van der Waals surface area contributed by atoms with Crippen LogP contribution < -0.4 is 0 Å². The molecule has 2 aliphatic rings. The molecule has 0 aromatic carbocycles. The summed E-state index contributed by atoms with van der Waals surface area (Å²) in [5.74, 6) is 0. The van der Waals surface area contributed by atoms with E-state index in [1.165, 1.54) is 6.20 Å². The molecule has 7 heteroatoms. The van der Waals surface area contributed by atoms with Gasteiger partial charge in [-0.15, -0.1) is 0 Å². The molecule has 1 aliphatic carbocycles. The standard InChI is InChI=1S/C16H27N3O3S/c1-4-19-13(2)14(11-17-19)23(20,21)18-10-6-9-16(12-18)8-5-7-15(16)22-3/h11,15H,4-10,12H2,1-3H3/t15-,16-/m1/s1. The molecule has 2 fully saturated rings. The summed E-state index contributed by atoms with van der Waals surface area (Å²) in [5, 5.41) is 4.20. The Morgan fingerprint density at radius 2 is 2.13 bits per heavy atom. The van der Waals surface area contributed by atoms with E-state index in [1.807, 2.05) is 13.8 Å². The van der Waals surface area contributed by atoms with Gasteiger partial charge in [-0.3, -0.25) is 4.68 Å². The smallest absolute Gasteiger partial charge is 0.246 e. The molecule has 6 nitrogen and oxygen atoms in total. The summed E-state index contributed by atoms with van der Waals surface area (Å²) in [6.45, 7) is 5.64. The highest BCUT2D eigenvalue weighted by Gasteiger charge is 2.48. The van der Waals surface area contributed by atoms with Crippen LogP contribution in [0.15, 0.2) is 11.1 Å². The van der Waals surface area contributed by atoms with Gasteiger partial charge in [0.2, 0.25) is 10.0 Å².